The van der Waals surface area contributed by atoms with Crippen LogP contribution in [0.1, 0.15) is 32.9 Å². The summed E-state index contributed by atoms with van der Waals surface area (Å²) in [6.45, 7) is 7.23. The van der Waals surface area contributed by atoms with Crippen molar-refractivity contribution in [2.45, 2.75) is 39.2 Å². The number of nitrogens with zero attached hydrogens (tertiary/aromatic N) is 6. The van der Waals surface area contributed by atoms with Gasteiger partial charge < -0.3 is 19.3 Å². The fraction of sp³-hybridized carbons (Fsp3) is 0.385. The molecule has 0 spiro atoms. The van der Waals surface area contributed by atoms with E-state index in [4.69, 9.17) is 4.74 Å². The Morgan fingerprint density at radius 1 is 1.08 bits per heavy atom. The molecule has 1 aliphatic heterocycles. The summed E-state index contributed by atoms with van der Waals surface area (Å²) in [5, 5.41) is 8.04. The Balaban J connectivity index is 1.60. The van der Waals surface area contributed by atoms with Gasteiger partial charge in [0.15, 0.2) is 5.82 Å². The maximum atomic E-state index is 13.5. The molecule has 3 heterocycles. The summed E-state index contributed by atoms with van der Waals surface area (Å²) in [4.78, 5) is 45.1. The smallest absolute Gasteiger partial charge is 0.410 e. The predicted molar refractivity (Wildman–Crippen MR) is 135 cm³/mol. The fourth-order valence-electron chi connectivity index (χ4n) is 3.93. The van der Waals surface area contributed by atoms with Crippen LogP contribution < -0.4 is 10.5 Å². The summed E-state index contributed by atoms with van der Waals surface area (Å²) in [6, 6.07) is 11.1. The van der Waals surface area contributed by atoms with E-state index in [9.17, 15) is 14.4 Å². The highest BCUT2D eigenvalue weighted by Gasteiger charge is 2.28. The second kappa shape index (κ2) is 10.7. The van der Waals surface area contributed by atoms with Crippen molar-refractivity contribution in [2.24, 2.45) is 0 Å². The van der Waals surface area contributed by atoms with Crippen LogP contribution in [0.4, 0.5) is 10.6 Å². The van der Waals surface area contributed by atoms with Crippen molar-refractivity contribution >= 4 is 18.2 Å². The van der Waals surface area contributed by atoms with E-state index in [0.717, 1.165) is 17.5 Å². The molecule has 1 amide bonds. The van der Waals surface area contributed by atoms with Gasteiger partial charge in [-0.15, -0.1) is 0 Å². The van der Waals surface area contributed by atoms with Gasteiger partial charge in [-0.3, -0.25) is 9.36 Å². The zero-order valence-electron chi connectivity index (χ0n) is 20.8. The molecule has 0 unspecified atom stereocenters. The summed E-state index contributed by atoms with van der Waals surface area (Å²) in [5.74, 6) is 0.306. The molecule has 1 fully saturated rings. The molecule has 1 aromatic carbocycles. The highest BCUT2D eigenvalue weighted by atomic mass is 16.6. The summed E-state index contributed by atoms with van der Waals surface area (Å²) < 4.78 is 7.03. The minimum atomic E-state index is -0.570. The summed E-state index contributed by atoms with van der Waals surface area (Å²) >= 11 is 0. The summed E-state index contributed by atoms with van der Waals surface area (Å²) in [5.41, 5.74) is 2.11. The van der Waals surface area contributed by atoms with E-state index in [1.54, 1.807) is 21.9 Å². The van der Waals surface area contributed by atoms with Crippen LogP contribution in [-0.4, -0.2) is 68.8 Å². The van der Waals surface area contributed by atoms with Crippen molar-refractivity contribution in [3.63, 3.8) is 0 Å². The second-order valence-electron chi connectivity index (χ2n) is 9.55. The predicted octanol–water partition coefficient (Wildman–Crippen LogP) is 2.88. The number of piperazine rings is 1. The highest BCUT2D eigenvalue weighted by molar-refractivity contribution is 5.68. The Bertz CT molecular complexity index is 1260. The lowest BCUT2D eigenvalue weighted by Gasteiger charge is -2.36. The largest absolute Gasteiger partial charge is 0.444 e. The minimum Gasteiger partial charge on any atom is -0.444 e. The van der Waals surface area contributed by atoms with E-state index in [1.165, 1.54) is 0 Å². The lowest BCUT2D eigenvalue weighted by molar-refractivity contribution is -0.107. The Morgan fingerprint density at radius 2 is 1.81 bits per heavy atom. The fourth-order valence-corrected chi connectivity index (χ4v) is 3.93. The molecule has 1 saturated heterocycles. The number of aldehydes is 1. The Hall–Kier alpha value is -4.08. The molecule has 4 rings (SSSR count). The van der Waals surface area contributed by atoms with Gasteiger partial charge in [0.1, 0.15) is 11.9 Å². The highest BCUT2D eigenvalue weighted by Crippen LogP contribution is 2.20. The van der Waals surface area contributed by atoms with E-state index >= 15 is 0 Å². The lowest BCUT2D eigenvalue weighted by Crippen LogP contribution is -2.51. The molecule has 0 bridgehead atoms. The van der Waals surface area contributed by atoms with Crippen molar-refractivity contribution in [3.8, 4) is 16.9 Å². The number of rotatable bonds is 6. The third kappa shape index (κ3) is 5.94. The van der Waals surface area contributed by atoms with Crippen molar-refractivity contribution in [2.75, 3.05) is 31.1 Å². The van der Waals surface area contributed by atoms with Crippen LogP contribution in [0, 0.1) is 0 Å². The zero-order valence-corrected chi connectivity index (χ0v) is 20.8. The van der Waals surface area contributed by atoms with E-state index in [1.807, 2.05) is 62.1 Å². The third-order valence-electron chi connectivity index (χ3n) is 5.70. The van der Waals surface area contributed by atoms with Gasteiger partial charge >= 0.3 is 6.09 Å². The monoisotopic (exact) mass is 490 g/mol. The molecule has 2 aromatic heterocycles. The first-order valence-corrected chi connectivity index (χ1v) is 11.9. The molecule has 10 heteroatoms. The van der Waals surface area contributed by atoms with Crippen LogP contribution in [-0.2, 0) is 16.0 Å². The quantitative estimate of drug-likeness (QED) is 0.485. The SMILES string of the molecule is CC(C)(C)OC(=O)N1CCN(c2nc(CCC=O)cn(-c3ccc(-c4cccnn4)cc3)c2=O)CC1. The molecule has 0 N–H and O–H groups in total. The molecular weight excluding hydrogens is 460 g/mol. The topological polar surface area (TPSA) is 111 Å². The first-order valence-electron chi connectivity index (χ1n) is 11.9. The number of aromatic nitrogens is 4. The zero-order chi connectivity index (χ0) is 25.7. The van der Waals surface area contributed by atoms with Gasteiger partial charge in [0.2, 0.25) is 0 Å². The lowest BCUT2D eigenvalue weighted by atomic mass is 10.1. The molecule has 10 nitrogen and oxygen atoms in total. The minimum absolute atomic E-state index is 0.261. The molecular formula is C26H30N6O4. The Labute approximate surface area is 209 Å². The van der Waals surface area contributed by atoms with Gasteiger partial charge in [-0.2, -0.15) is 10.2 Å². The molecule has 1 aliphatic rings. The van der Waals surface area contributed by atoms with Crippen LogP contribution in [0.2, 0.25) is 0 Å². The number of amides is 1. The van der Waals surface area contributed by atoms with Crippen LogP contribution in [0.15, 0.2) is 53.6 Å². The van der Waals surface area contributed by atoms with Crippen molar-refractivity contribution in [1.29, 1.82) is 0 Å². The summed E-state index contributed by atoms with van der Waals surface area (Å²) in [6.07, 6.45) is 4.50. The molecule has 0 saturated carbocycles. The standard InChI is InChI=1S/C26H30N6O4/c1-26(2,3)36-25(35)31-15-13-30(14-16-31)23-24(34)32(18-20(28-23)6-5-17-33)21-10-8-19(9-11-21)22-7-4-12-27-29-22/h4,7-12,17-18H,5-6,13-16H2,1-3H3. The number of hydrogen-bond acceptors (Lipinski definition) is 8. The number of anilines is 1. The van der Waals surface area contributed by atoms with Crippen LogP contribution in [0.3, 0.4) is 0 Å². The average molecular weight is 491 g/mol. The number of ether oxygens (including phenoxy) is 1. The van der Waals surface area contributed by atoms with Gasteiger partial charge in [-0.25, -0.2) is 9.78 Å². The summed E-state index contributed by atoms with van der Waals surface area (Å²) in [7, 11) is 0. The number of benzene rings is 1. The van der Waals surface area contributed by atoms with Crippen LogP contribution in [0.25, 0.3) is 16.9 Å². The maximum absolute atomic E-state index is 13.5. The number of carbonyl (C=O) groups excluding carboxylic acids is 2. The third-order valence-corrected chi connectivity index (χ3v) is 5.70. The van der Waals surface area contributed by atoms with Crippen LogP contribution >= 0.6 is 0 Å². The van der Waals surface area contributed by atoms with E-state index in [2.05, 4.69) is 15.2 Å². The maximum Gasteiger partial charge on any atom is 0.410 e. The second-order valence-corrected chi connectivity index (χ2v) is 9.55. The molecule has 3 aromatic rings. The van der Waals surface area contributed by atoms with Gasteiger partial charge in [0.05, 0.1) is 11.4 Å². The van der Waals surface area contributed by atoms with Crippen molar-refractivity contribution in [3.05, 3.63) is 64.8 Å². The number of carbonyl (C=O) groups is 2. The van der Waals surface area contributed by atoms with Gasteiger partial charge in [-0.05, 0) is 51.5 Å². The number of hydrogen-bond donors (Lipinski definition) is 0. The van der Waals surface area contributed by atoms with Crippen molar-refractivity contribution < 1.29 is 14.3 Å². The average Bonchev–Trinajstić information content (AvgIpc) is 2.88. The first-order chi connectivity index (χ1) is 17.2. The van der Waals surface area contributed by atoms with Crippen molar-refractivity contribution in [1.82, 2.24) is 24.6 Å². The molecule has 0 atom stereocenters. The van der Waals surface area contributed by atoms with E-state index in [-0.39, 0.29) is 11.7 Å². The molecule has 0 radical (unpaired) electrons. The first kappa shape index (κ1) is 25.0. The van der Waals surface area contributed by atoms with E-state index < -0.39 is 5.60 Å². The molecule has 36 heavy (non-hydrogen) atoms. The van der Waals surface area contributed by atoms with Gasteiger partial charge in [0.25, 0.3) is 5.56 Å². The van der Waals surface area contributed by atoms with E-state index in [0.29, 0.717) is 56.2 Å². The normalized spacial score (nSPS) is 14.0. The Morgan fingerprint density at radius 3 is 2.42 bits per heavy atom. The number of aryl methyl sites for hydroxylation is 1. The molecule has 188 valence electrons. The molecule has 0 aliphatic carbocycles. The van der Waals surface area contributed by atoms with Crippen LogP contribution in [0.5, 0.6) is 0 Å². The Kier molecular flexibility index (Phi) is 7.42. The van der Waals surface area contributed by atoms with Gasteiger partial charge in [-0.1, -0.05) is 12.1 Å². The van der Waals surface area contributed by atoms with Gasteiger partial charge in [0, 0.05) is 56.2 Å².